The van der Waals surface area contributed by atoms with Gasteiger partial charge < -0.3 is 25.4 Å². The van der Waals surface area contributed by atoms with E-state index in [4.69, 9.17) is 15.2 Å². The predicted molar refractivity (Wildman–Crippen MR) is 82.7 cm³/mol. The molecule has 3 N–H and O–H groups in total. The number of rotatable bonds is 6. The minimum absolute atomic E-state index is 0.0217. The average molecular weight is 293 g/mol. The quantitative estimate of drug-likeness (QED) is 0.604. The zero-order chi connectivity index (χ0) is 15.2. The topological polar surface area (TPSA) is 76.8 Å². The Morgan fingerprint density at radius 3 is 3.10 bits per heavy atom. The molecule has 116 valence electrons. The van der Waals surface area contributed by atoms with Crippen molar-refractivity contribution >= 4 is 17.3 Å². The van der Waals surface area contributed by atoms with Crippen LogP contribution < -0.4 is 20.7 Å². The molecular formula is C15H23N3O3. The first-order valence-corrected chi connectivity index (χ1v) is 7.20. The van der Waals surface area contributed by atoms with Gasteiger partial charge in [-0.1, -0.05) is 6.92 Å². The lowest BCUT2D eigenvalue weighted by Crippen LogP contribution is -2.45. The van der Waals surface area contributed by atoms with Crippen LogP contribution in [0.3, 0.4) is 0 Å². The number of benzene rings is 1. The van der Waals surface area contributed by atoms with Crippen molar-refractivity contribution in [2.45, 2.75) is 19.4 Å². The molecule has 1 amide bonds. The Hall–Kier alpha value is -1.95. The van der Waals surface area contributed by atoms with Crippen LogP contribution >= 0.6 is 0 Å². The van der Waals surface area contributed by atoms with Crippen molar-refractivity contribution in [3.63, 3.8) is 0 Å². The summed E-state index contributed by atoms with van der Waals surface area (Å²) in [5.41, 5.74) is 7.38. The van der Waals surface area contributed by atoms with Crippen LogP contribution in [0.2, 0.25) is 0 Å². The summed E-state index contributed by atoms with van der Waals surface area (Å²) < 4.78 is 10.8. The van der Waals surface area contributed by atoms with Crippen LogP contribution in [0, 0.1) is 0 Å². The Morgan fingerprint density at radius 1 is 1.57 bits per heavy atom. The number of methoxy groups -OCH3 is 1. The maximum absolute atomic E-state index is 12.0. The van der Waals surface area contributed by atoms with Gasteiger partial charge in [0.05, 0.1) is 25.4 Å². The number of hydrogen-bond acceptors (Lipinski definition) is 5. The molecule has 0 bridgehead atoms. The molecule has 2 rings (SSSR count). The number of nitrogens with two attached hydrogens (primary N) is 1. The molecule has 0 aromatic heterocycles. The van der Waals surface area contributed by atoms with Gasteiger partial charge in [0, 0.05) is 25.4 Å². The fourth-order valence-corrected chi connectivity index (χ4v) is 2.33. The second kappa shape index (κ2) is 7.17. The van der Waals surface area contributed by atoms with Crippen LogP contribution in [-0.4, -0.2) is 45.4 Å². The number of amides is 1. The normalized spacial score (nSPS) is 17.0. The summed E-state index contributed by atoms with van der Waals surface area (Å²) in [4.78, 5) is 14.0. The Balaban J connectivity index is 2.06. The summed E-state index contributed by atoms with van der Waals surface area (Å²) in [6.07, 6.45) is 0.960. The van der Waals surface area contributed by atoms with Crippen LogP contribution in [0.25, 0.3) is 0 Å². The number of nitrogens with zero attached hydrogens (tertiary/aromatic N) is 1. The lowest BCUT2D eigenvalue weighted by atomic mass is 10.1. The smallest absolute Gasteiger partial charge is 0.239 e. The van der Waals surface area contributed by atoms with E-state index in [1.54, 1.807) is 7.11 Å². The third-order valence-electron chi connectivity index (χ3n) is 3.46. The van der Waals surface area contributed by atoms with Gasteiger partial charge in [0.1, 0.15) is 11.9 Å². The van der Waals surface area contributed by atoms with Gasteiger partial charge >= 0.3 is 0 Å². The van der Waals surface area contributed by atoms with Gasteiger partial charge in [0.15, 0.2) is 0 Å². The number of nitrogens with one attached hydrogen (secondary N) is 1. The lowest BCUT2D eigenvalue weighted by molar-refractivity contribution is -0.120. The molecule has 0 saturated heterocycles. The molecule has 1 heterocycles. The molecule has 1 unspecified atom stereocenters. The van der Waals surface area contributed by atoms with E-state index in [0.29, 0.717) is 31.9 Å². The zero-order valence-corrected chi connectivity index (χ0v) is 12.6. The molecule has 6 nitrogen and oxygen atoms in total. The average Bonchev–Trinajstić information content (AvgIpc) is 2.46. The van der Waals surface area contributed by atoms with E-state index in [9.17, 15) is 4.79 Å². The molecule has 0 fully saturated rings. The summed E-state index contributed by atoms with van der Waals surface area (Å²) in [6.45, 7) is 4.11. The van der Waals surface area contributed by atoms with Gasteiger partial charge in [-0.05, 0) is 18.6 Å². The van der Waals surface area contributed by atoms with Gasteiger partial charge in [-0.2, -0.15) is 0 Å². The van der Waals surface area contributed by atoms with Crippen molar-refractivity contribution in [3.8, 4) is 5.75 Å². The highest BCUT2D eigenvalue weighted by Gasteiger charge is 2.26. The fourth-order valence-electron chi connectivity index (χ4n) is 2.33. The van der Waals surface area contributed by atoms with Gasteiger partial charge in [-0.15, -0.1) is 0 Å². The SMILES string of the molecule is CCC1CN(CC(=O)NCCOC)c2ccc(N)cc2O1. The number of carbonyl (C=O) groups is 1. The first-order chi connectivity index (χ1) is 10.1. The monoisotopic (exact) mass is 293 g/mol. The number of hydrogen-bond donors (Lipinski definition) is 2. The summed E-state index contributed by atoms with van der Waals surface area (Å²) in [5, 5.41) is 2.83. The second-order valence-electron chi connectivity index (χ2n) is 5.10. The molecule has 1 aromatic carbocycles. The Morgan fingerprint density at radius 2 is 2.38 bits per heavy atom. The van der Waals surface area contributed by atoms with Gasteiger partial charge in [-0.3, -0.25) is 4.79 Å². The van der Waals surface area contributed by atoms with Crippen molar-refractivity contribution in [3.05, 3.63) is 18.2 Å². The highest BCUT2D eigenvalue weighted by Crippen LogP contribution is 2.35. The highest BCUT2D eigenvalue weighted by molar-refractivity contribution is 5.82. The van der Waals surface area contributed by atoms with Gasteiger partial charge in [-0.25, -0.2) is 0 Å². The van der Waals surface area contributed by atoms with E-state index < -0.39 is 0 Å². The third kappa shape index (κ3) is 4.01. The minimum atomic E-state index is -0.0217. The van der Waals surface area contributed by atoms with Gasteiger partial charge in [0.2, 0.25) is 5.91 Å². The number of nitrogen functional groups attached to an aromatic ring is 1. The summed E-state index contributed by atoms with van der Waals surface area (Å²) in [6, 6.07) is 5.54. The van der Waals surface area contributed by atoms with E-state index in [2.05, 4.69) is 12.2 Å². The van der Waals surface area contributed by atoms with Gasteiger partial charge in [0.25, 0.3) is 0 Å². The zero-order valence-electron chi connectivity index (χ0n) is 12.6. The molecule has 6 heteroatoms. The highest BCUT2D eigenvalue weighted by atomic mass is 16.5. The first kappa shape index (κ1) is 15.4. The molecule has 21 heavy (non-hydrogen) atoms. The van der Waals surface area contributed by atoms with Crippen LogP contribution in [0.5, 0.6) is 5.75 Å². The molecule has 0 radical (unpaired) electrons. The van der Waals surface area contributed by atoms with Crippen LogP contribution in [-0.2, 0) is 9.53 Å². The van der Waals surface area contributed by atoms with E-state index in [0.717, 1.165) is 17.9 Å². The maximum atomic E-state index is 12.0. The molecule has 0 aliphatic carbocycles. The molecule has 1 aliphatic rings. The van der Waals surface area contributed by atoms with Crippen molar-refractivity contribution in [2.24, 2.45) is 0 Å². The van der Waals surface area contributed by atoms with Crippen LogP contribution in [0.4, 0.5) is 11.4 Å². The summed E-state index contributed by atoms with van der Waals surface area (Å²) in [5.74, 6) is 0.726. The predicted octanol–water partition coefficient (Wildman–Crippen LogP) is 1.01. The van der Waals surface area contributed by atoms with E-state index >= 15 is 0 Å². The molecule has 0 spiro atoms. The fraction of sp³-hybridized carbons (Fsp3) is 0.533. The van der Waals surface area contributed by atoms with Crippen molar-refractivity contribution < 1.29 is 14.3 Å². The second-order valence-corrected chi connectivity index (χ2v) is 5.10. The third-order valence-corrected chi connectivity index (χ3v) is 3.46. The van der Waals surface area contributed by atoms with Crippen molar-refractivity contribution in [1.82, 2.24) is 5.32 Å². The number of anilines is 2. The number of ether oxygens (including phenoxy) is 2. The van der Waals surface area contributed by atoms with E-state index in [-0.39, 0.29) is 12.0 Å². The number of carbonyl (C=O) groups excluding carboxylic acids is 1. The minimum Gasteiger partial charge on any atom is -0.486 e. The number of fused-ring (bicyclic) bond motifs is 1. The molecule has 0 saturated carbocycles. The Kier molecular flexibility index (Phi) is 5.27. The van der Waals surface area contributed by atoms with Crippen LogP contribution in [0.15, 0.2) is 18.2 Å². The lowest BCUT2D eigenvalue weighted by Gasteiger charge is -2.35. The molecule has 1 aliphatic heterocycles. The standard InChI is InChI=1S/C15H23N3O3/c1-3-12-9-18(10-15(19)17-6-7-20-2)13-5-4-11(16)8-14(13)21-12/h4-5,8,12H,3,6-7,9-10,16H2,1-2H3,(H,17,19). The maximum Gasteiger partial charge on any atom is 0.239 e. The molecular weight excluding hydrogens is 270 g/mol. The molecule has 1 aromatic rings. The summed E-state index contributed by atoms with van der Waals surface area (Å²) >= 11 is 0. The Labute approximate surface area is 125 Å². The van der Waals surface area contributed by atoms with Crippen molar-refractivity contribution in [1.29, 1.82) is 0 Å². The summed E-state index contributed by atoms with van der Waals surface area (Å²) in [7, 11) is 1.61. The van der Waals surface area contributed by atoms with Crippen LogP contribution in [0.1, 0.15) is 13.3 Å². The first-order valence-electron chi connectivity index (χ1n) is 7.20. The van der Waals surface area contributed by atoms with E-state index in [1.165, 1.54) is 0 Å². The van der Waals surface area contributed by atoms with E-state index in [1.807, 2.05) is 23.1 Å². The Bertz CT molecular complexity index is 493. The molecule has 1 atom stereocenters. The largest absolute Gasteiger partial charge is 0.486 e. The van der Waals surface area contributed by atoms with Crippen molar-refractivity contribution in [2.75, 3.05) is 44.0 Å².